The summed E-state index contributed by atoms with van der Waals surface area (Å²) in [7, 11) is 0. The van der Waals surface area contributed by atoms with E-state index in [9.17, 15) is 20.1 Å². The van der Waals surface area contributed by atoms with Gasteiger partial charge in [0.2, 0.25) is 0 Å². The summed E-state index contributed by atoms with van der Waals surface area (Å²) >= 11 is 0. The molecule has 0 fully saturated rings. The van der Waals surface area contributed by atoms with Gasteiger partial charge in [0.1, 0.15) is 36.2 Å². The molecule has 6 heteroatoms. The van der Waals surface area contributed by atoms with E-state index in [4.69, 9.17) is 9.47 Å². The maximum absolute atomic E-state index is 12.4. The van der Waals surface area contributed by atoms with Gasteiger partial charge < -0.3 is 24.8 Å². The van der Waals surface area contributed by atoms with Crippen LogP contribution in [0.3, 0.4) is 0 Å². The number of phenols is 3. The molecular formula is C61H86O6. The molecule has 4 aromatic rings. The summed E-state index contributed by atoms with van der Waals surface area (Å²) in [6, 6.07) is 17.6. The Bertz CT molecular complexity index is 2030. The first-order valence-electron chi connectivity index (χ1n) is 26.7. The lowest BCUT2D eigenvalue weighted by Gasteiger charge is -2.22. The molecule has 0 unspecified atom stereocenters. The molecule has 8 bridgehead atoms. The molecule has 0 spiro atoms. The smallest absolute Gasteiger partial charge is 0.330 e. The van der Waals surface area contributed by atoms with Gasteiger partial charge in [-0.15, -0.1) is 0 Å². The number of carbonyl (C=O) groups is 1. The number of fused-ring (bicyclic) bond motifs is 8. The minimum absolute atomic E-state index is 0.0662. The van der Waals surface area contributed by atoms with Gasteiger partial charge in [0.05, 0.1) is 0 Å². The number of hydrogen-bond donors (Lipinski definition) is 3. The molecule has 3 N–H and O–H groups in total. The highest BCUT2D eigenvalue weighted by Gasteiger charge is 2.23. The first kappa shape index (κ1) is 53.2. The van der Waals surface area contributed by atoms with E-state index in [1.54, 1.807) is 0 Å². The lowest BCUT2D eigenvalue weighted by molar-refractivity contribution is -0.138. The third-order valence-electron chi connectivity index (χ3n) is 13.8. The van der Waals surface area contributed by atoms with Crippen LogP contribution < -0.4 is 4.74 Å². The molecule has 1 aliphatic rings. The molecule has 366 valence electrons. The molecule has 0 atom stereocenters. The number of phenolic OH excluding ortho intramolecular Hbond substituents is 3. The van der Waals surface area contributed by atoms with Gasteiger partial charge in [-0.25, -0.2) is 4.79 Å². The predicted molar refractivity (Wildman–Crippen MR) is 278 cm³/mol. The predicted octanol–water partition coefficient (Wildman–Crippen LogP) is 15.6. The Labute approximate surface area is 405 Å². The van der Waals surface area contributed by atoms with Crippen molar-refractivity contribution in [3.63, 3.8) is 0 Å². The molecule has 0 radical (unpaired) electrons. The third-order valence-corrected chi connectivity index (χ3v) is 13.8. The number of benzene rings is 4. The summed E-state index contributed by atoms with van der Waals surface area (Å²) < 4.78 is 12.1. The van der Waals surface area contributed by atoms with Gasteiger partial charge in [0, 0.05) is 31.8 Å². The standard InChI is InChI=1S/C61H86O6/c1-6-11-15-19-23-27-45-33-49-41-51-35-46(28-24-20-16-12-7-2)37-53(59(51)64)43-55-39-48(30-26-22-18-14-9-4)40-56(61(55)67-32-31-66-57(62)10-5)44-54-38-47(29-25-21-17-13-8-3)36-52(60(54)65)42-50(34-45)58(49)63/h10,33-40,63-65H,5-9,11-32,41-44H2,1-4H3. The Balaban J connectivity index is 1.71. The molecule has 0 aliphatic heterocycles. The molecule has 0 saturated heterocycles. The topological polar surface area (TPSA) is 96.2 Å². The number of esters is 1. The summed E-state index contributed by atoms with van der Waals surface area (Å²) in [5, 5.41) is 37.1. The van der Waals surface area contributed by atoms with Crippen molar-refractivity contribution in [1.29, 1.82) is 0 Å². The fraction of sp³-hybridized carbons (Fsp3) is 0.557. The van der Waals surface area contributed by atoms with Crippen LogP contribution in [0.4, 0.5) is 0 Å². The summed E-state index contributed by atoms with van der Waals surface area (Å²) in [6.45, 7) is 12.8. The molecule has 4 aromatic carbocycles. The SMILES string of the molecule is C=CC(=O)OCCOc1c2cc(CCCCCCC)cc1Cc1cc(CCCCCCC)cc(c1O)Cc1cc(CCCCCCC)cc(c1O)Cc1cc(CCCCCCC)cc(c1O)C2. The van der Waals surface area contributed by atoms with Crippen LogP contribution in [0.2, 0.25) is 0 Å². The number of rotatable bonds is 29. The molecule has 6 nitrogen and oxygen atoms in total. The lowest BCUT2D eigenvalue weighted by Crippen LogP contribution is -2.13. The van der Waals surface area contributed by atoms with Crippen molar-refractivity contribution in [2.24, 2.45) is 0 Å². The maximum atomic E-state index is 12.4. The van der Waals surface area contributed by atoms with Gasteiger partial charge in [-0.2, -0.15) is 0 Å². The summed E-state index contributed by atoms with van der Waals surface area (Å²) in [4.78, 5) is 12.1. The van der Waals surface area contributed by atoms with E-state index < -0.39 is 5.97 Å². The van der Waals surface area contributed by atoms with Gasteiger partial charge in [-0.3, -0.25) is 0 Å². The van der Waals surface area contributed by atoms with Gasteiger partial charge in [-0.05, 0) is 118 Å². The lowest BCUT2D eigenvalue weighted by atomic mass is 9.87. The number of unbranched alkanes of at least 4 members (excludes halogenated alkanes) is 16. The highest BCUT2D eigenvalue weighted by atomic mass is 16.6. The van der Waals surface area contributed by atoms with Crippen molar-refractivity contribution in [2.45, 2.75) is 207 Å². The van der Waals surface area contributed by atoms with E-state index >= 15 is 0 Å². The Morgan fingerprint density at radius 1 is 0.433 bits per heavy atom. The van der Waals surface area contributed by atoms with Crippen LogP contribution in [0, 0.1) is 0 Å². The van der Waals surface area contributed by atoms with Crippen LogP contribution in [0.25, 0.3) is 0 Å². The number of ether oxygens (including phenoxy) is 2. The van der Waals surface area contributed by atoms with Crippen LogP contribution >= 0.6 is 0 Å². The third kappa shape index (κ3) is 17.1. The molecule has 0 saturated carbocycles. The van der Waals surface area contributed by atoms with E-state index in [0.29, 0.717) is 31.4 Å². The number of aryl methyl sites for hydroxylation is 4. The second-order valence-electron chi connectivity index (χ2n) is 19.6. The van der Waals surface area contributed by atoms with Gasteiger partial charge in [0.15, 0.2) is 0 Å². The molecule has 0 heterocycles. The number of aromatic hydroxyl groups is 3. The zero-order valence-electron chi connectivity index (χ0n) is 42.2. The van der Waals surface area contributed by atoms with Crippen molar-refractivity contribution >= 4 is 5.97 Å². The van der Waals surface area contributed by atoms with E-state index in [0.717, 1.165) is 115 Å². The van der Waals surface area contributed by atoms with Crippen LogP contribution in [0.1, 0.15) is 223 Å². The number of carbonyl (C=O) groups excluding carboxylic acids is 1. The van der Waals surface area contributed by atoms with Gasteiger partial charge >= 0.3 is 5.97 Å². The second kappa shape index (κ2) is 29.2. The molecule has 1 aliphatic carbocycles. The zero-order valence-corrected chi connectivity index (χ0v) is 42.2. The summed E-state index contributed by atoms with van der Waals surface area (Å²) in [5.41, 5.74) is 11.7. The first-order chi connectivity index (χ1) is 32.7. The van der Waals surface area contributed by atoms with E-state index in [1.807, 2.05) is 0 Å². The fourth-order valence-corrected chi connectivity index (χ4v) is 10.1. The van der Waals surface area contributed by atoms with Crippen molar-refractivity contribution in [3.05, 3.63) is 128 Å². The Morgan fingerprint density at radius 3 is 0.985 bits per heavy atom. The average Bonchev–Trinajstić information content (AvgIpc) is 3.31. The normalized spacial score (nSPS) is 12.3. The first-order valence-corrected chi connectivity index (χ1v) is 26.7. The van der Waals surface area contributed by atoms with Crippen LogP contribution in [0.15, 0.2) is 61.2 Å². The highest BCUT2D eigenvalue weighted by molar-refractivity contribution is 5.81. The van der Waals surface area contributed by atoms with Crippen molar-refractivity contribution in [1.82, 2.24) is 0 Å². The number of hydrogen-bond acceptors (Lipinski definition) is 6. The van der Waals surface area contributed by atoms with E-state index in [1.165, 1.54) is 112 Å². The summed E-state index contributed by atoms with van der Waals surface area (Å²) in [5.74, 6) is 0.986. The Morgan fingerprint density at radius 2 is 0.701 bits per heavy atom. The zero-order chi connectivity index (χ0) is 47.8. The van der Waals surface area contributed by atoms with Crippen LogP contribution in [-0.2, 0) is 60.9 Å². The van der Waals surface area contributed by atoms with Gasteiger partial charge in [-0.1, -0.05) is 186 Å². The van der Waals surface area contributed by atoms with Crippen molar-refractivity contribution in [3.8, 4) is 23.0 Å². The van der Waals surface area contributed by atoms with Crippen molar-refractivity contribution < 1.29 is 29.6 Å². The molecule has 0 aromatic heterocycles. The Hall–Kier alpha value is -4.71. The van der Waals surface area contributed by atoms with Gasteiger partial charge in [0.25, 0.3) is 0 Å². The van der Waals surface area contributed by atoms with Crippen LogP contribution in [-0.4, -0.2) is 34.5 Å². The second-order valence-corrected chi connectivity index (χ2v) is 19.6. The summed E-state index contributed by atoms with van der Waals surface area (Å²) in [6.07, 6.45) is 30.0. The molecule has 67 heavy (non-hydrogen) atoms. The highest BCUT2D eigenvalue weighted by Crippen LogP contribution is 2.40. The van der Waals surface area contributed by atoms with Crippen molar-refractivity contribution in [2.75, 3.05) is 13.2 Å². The quantitative estimate of drug-likeness (QED) is 0.0251. The fourth-order valence-electron chi connectivity index (χ4n) is 10.1. The molecule has 0 amide bonds. The van der Waals surface area contributed by atoms with Crippen LogP contribution in [0.5, 0.6) is 23.0 Å². The molecular weight excluding hydrogens is 829 g/mol. The monoisotopic (exact) mass is 915 g/mol. The van der Waals surface area contributed by atoms with E-state index in [2.05, 4.69) is 82.8 Å². The largest absolute Gasteiger partial charge is 0.507 e. The average molecular weight is 915 g/mol. The molecule has 5 rings (SSSR count). The minimum atomic E-state index is -0.494. The maximum Gasteiger partial charge on any atom is 0.330 e. The Kier molecular flexibility index (Phi) is 23.2. The minimum Gasteiger partial charge on any atom is -0.507 e. The van der Waals surface area contributed by atoms with E-state index in [-0.39, 0.29) is 30.5 Å².